The second kappa shape index (κ2) is 7.17. The van der Waals surface area contributed by atoms with E-state index >= 15 is 0 Å². The summed E-state index contributed by atoms with van der Waals surface area (Å²) in [6, 6.07) is 1.42. The topological polar surface area (TPSA) is 130 Å². The zero-order valence-electron chi connectivity index (χ0n) is 10.5. The Morgan fingerprint density at radius 1 is 1.47 bits per heavy atom. The van der Waals surface area contributed by atoms with Crippen LogP contribution in [-0.4, -0.2) is 43.7 Å². The van der Waals surface area contributed by atoms with Crippen molar-refractivity contribution in [3.8, 4) is 0 Å². The maximum absolute atomic E-state index is 11.5. The fourth-order valence-corrected chi connectivity index (χ4v) is 1.32. The van der Waals surface area contributed by atoms with Gasteiger partial charge >= 0.3 is 5.97 Å². The third-order valence-electron chi connectivity index (χ3n) is 2.14. The minimum absolute atomic E-state index is 0.147. The smallest absolute Gasteiger partial charge is 0.340 e. The van der Waals surface area contributed by atoms with Gasteiger partial charge in [-0.15, -0.1) is 0 Å². The molecule has 0 spiro atoms. The van der Waals surface area contributed by atoms with E-state index in [9.17, 15) is 9.59 Å². The highest BCUT2D eigenvalue weighted by Gasteiger charge is 2.12. The minimum atomic E-state index is -0.538. The Morgan fingerprint density at radius 2 is 2.21 bits per heavy atom. The van der Waals surface area contributed by atoms with E-state index in [-0.39, 0.29) is 24.6 Å². The van der Waals surface area contributed by atoms with E-state index in [0.29, 0.717) is 12.2 Å². The SMILES string of the molecule is COC(=O)c1cc(N)ncc1NCCOCC(N)=O. The van der Waals surface area contributed by atoms with E-state index in [1.54, 1.807) is 0 Å². The van der Waals surface area contributed by atoms with Crippen LogP contribution in [0, 0.1) is 0 Å². The molecule has 19 heavy (non-hydrogen) atoms. The lowest BCUT2D eigenvalue weighted by Crippen LogP contribution is -2.21. The Bertz CT molecular complexity index is 464. The summed E-state index contributed by atoms with van der Waals surface area (Å²) < 4.78 is 9.61. The number of hydrogen-bond acceptors (Lipinski definition) is 7. The maximum atomic E-state index is 11.5. The van der Waals surface area contributed by atoms with E-state index in [1.165, 1.54) is 19.4 Å². The van der Waals surface area contributed by atoms with Gasteiger partial charge in [0.15, 0.2) is 0 Å². The number of methoxy groups -OCH3 is 1. The summed E-state index contributed by atoms with van der Waals surface area (Å²) in [4.78, 5) is 25.8. The summed E-state index contributed by atoms with van der Waals surface area (Å²) >= 11 is 0. The number of carbonyl (C=O) groups excluding carboxylic acids is 2. The summed E-state index contributed by atoms with van der Waals surface area (Å²) in [5, 5.41) is 2.93. The van der Waals surface area contributed by atoms with Gasteiger partial charge in [0.25, 0.3) is 0 Å². The van der Waals surface area contributed by atoms with Gasteiger partial charge in [-0.1, -0.05) is 0 Å². The summed E-state index contributed by atoms with van der Waals surface area (Å²) in [6.45, 7) is 0.488. The van der Waals surface area contributed by atoms with Crippen molar-refractivity contribution in [2.45, 2.75) is 0 Å². The molecule has 0 atom stereocenters. The quantitative estimate of drug-likeness (QED) is 0.443. The van der Waals surface area contributed by atoms with Crippen LogP contribution in [-0.2, 0) is 14.3 Å². The molecular formula is C11H16N4O4. The number of amides is 1. The summed E-state index contributed by atoms with van der Waals surface area (Å²) in [5.74, 6) is -0.838. The van der Waals surface area contributed by atoms with E-state index in [2.05, 4.69) is 15.0 Å². The number of aromatic nitrogens is 1. The number of hydrogen-bond donors (Lipinski definition) is 3. The Hall–Kier alpha value is -2.35. The van der Waals surface area contributed by atoms with Crippen molar-refractivity contribution in [3.05, 3.63) is 17.8 Å². The molecule has 0 aromatic carbocycles. The van der Waals surface area contributed by atoms with Crippen LogP contribution in [0.25, 0.3) is 0 Å². The van der Waals surface area contributed by atoms with Crippen molar-refractivity contribution >= 4 is 23.4 Å². The molecule has 0 saturated heterocycles. The predicted molar refractivity (Wildman–Crippen MR) is 68.5 cm³/mol. The first kappa shape index (κ1) is 14.7. The van der Waals surface area contributed by atoms with Crippen LogP contribution in [0.3, 0.4) is 0 Å². The molecule has 8 heteroatoms. The largest absolute Gasteiger partial charge is 0.465 e. The molecule has 5 N–H and O–H groups in total. The van der Waals surface area contributed by atoms with Gasteiger partial charge in [-0.2, -0.15) is 0 Å². The molecule has 1 aromatic rings. The third kappa shape index (κ3) is 4.80. The number of carbonyl (C=O) groups is 2. The lowest BCUT2D eigenvalue weighted by Gasteiger charge is -2.10. The number of esters is 1. The van der Waals surface area contributed by atoms with Crippen molar-refractivity contribution in [3.63, 3.8) is 0 Å². The molecule has 0 saturated carbocycles. The molecule has 0 aliphatic heterocycles. The summed E-state index contributed by atoms with van der Waals surface area (Å²) in [7, 11) is 1.28. The molecular weight excluding hydrogens is 252 g/mol. The lowest BCUT2D eigenvalue weighted by molar-refractivity contribution is -0.122. The van der Waals surface area contributed by atoms with Gasteiger partial charge in [0.05, 0.1) is 31.2 Å². The number of nitrogen functional groups attached to an aromatic ring is 1. The van der Waals surface area contributed by atoms with Gasteiger partial charge in [-0.3, -0.25) is 4.79 Å². The van der Waals surface area contributed by atoms with Crippen LogP contribution in [0.2, 0.25) is 0 Å². The monoisotopic (exact) mass is 268 g/mol. The summed E-state index contributed by atoms with van der Waals surface area (Å²) in [5.41, 5.74) is 11.2. The van der Waals surface area contributed by atoms with E-state index in [1.807, 2.05) is 0 Å². The van der Waals surface area contributed by atoms with Crippen molar-refractivity contribution < 1.29 is 19.1 Å². The highest BCUT2D eigenvalue weighted by Crippen LogP contribution is 2.17. The predicted octanol–water partition coefficient (Wildman–Crippen LogP) is -0.636. The lowest BCUT2D eigenvalue weighted by atomic mass is 10.2. The molecule has 1 heterocycles. The van der Waals surface area contributed by atoms with Gasteiger partial charge < -0.3 is 26.3 Å². The van der Waals surface area contributed by atoms with Crippen molar-refractivity contribution in [1.29, 1.82) is 0 Å². The van der Waals surface area contributed by atoms with Crippen LogP contribution in [0.1, 0.15) is 10.4 Å². The highest BCUT2D eigenvalue weighted by molar-refractivity contribution is 5.96. The van der Waals surface area contributed by atoms with Gasteiger partial charge in [-0.05, 0) is 6.07 Å². The number of nitrogens with two attached hydrogens (primary N) is 2. The van der Waals surface area contributed by atoms with Crippen LogP contribution >= 0.6 is 0 Å². The Balaban J connectivity index is 2.57. The Labute approximate surface area is 110 Å². The van der Waals surface area contributed by atoms with Crippen molar-refractivity contribution in [1.82, 2.24) is 4.98 Å². The zero-order valence-corrected chi connectivity index (χ0v) is 10.5. The number of primary amides is 1. The zero-order chi connectivity index (χ0) is 14.3. The van der Waals surface area contributed by atoms with Crippen LogP contribution in [0.15, 0.2) is 12.3 Å². The number of anilines is 2. The van der Waals surface area contributed by atoms with Crippen LogP contribution < -0.4 is 16.8 Å². The fourth-order valence-electron chi connectivity index (χ4n) is 1.32. The van der Waals surface area contributed by atoms with E-state index in [0.717, 1.165) is 0 Å². The van der Waals surface area contributed by atoms with Crippen molar-refractivity contribution in [2.75, 3.05) is 37.9 Å². The molecule has 0 fully saturated rings. The van der Waals surface area contributed by atoms with Gasteiger partial charge in [0.1, 0.15) is 12.4 Å². The molecule has 0 unspecified atom stereocenters. The molecule has 1 amide bonds. The summed E-state index contributed by atoms with van der Waals surface area (Å²) in [6.07, 6.45) is 1.43. The second-order valence-corrected chi connectivity index (χ2v) is 3.59. The number of pyridine rings is 1. The Morgan fingerprint density at radius 3 is 2.84 bits per heavy atom. The molecule has 8 nitrogen and oxygen atoms in total. The average molecular weight is 268 g/mol. The van der Waals surface area contributed by atoms with Crippen LogP contribution in [0.4, 0.5) is 11.5 Å². The Kier molecular flexibility index (Phi) is 5.55. The number of ether oxygens (including phenoxy) is 2. The minimum Gasteiger partial charge on any atom is -0.465 e. The molecule has 104 valence electrons. The highest BCUT2D eigenvalue weighted by atomic mass is 16.5. The molecule has 0 aliphatic rings. The third-order valence-corrected chi connectivity index (χ3v) is 2.14. The molecule has 0 aliphatic carbocycles. The van der Waals surface area contributed by atoms with Crippen LogP contribution in [0.5, 0.6) is 0 Å². The number of nitrogens with zero attached hydrogens (tertiary/aromatic N) is 1. The second-order valence-electron chi connectivity index (χ2n) is 3.59. The molecule has 0 bridgehead atoms. The van der Waals surface area contributed by atoms with Gasteiger partial charge in [0.2, 0.25) is 5.91 Å². The fraction of sp³-hybridized carbons (Fsp3) is 0.364. The van der Waals surface area contributed by atoms with Gasteiger partial charge in [0, 0.05) is 6.54 Å². The van der Waals surface area contributed by atoms with Gasteiger partial charge in [-0.25, -0.2) is 9.78 Å². The van der Waals surface area contributed by atoms with E-state index < -0.39 is 11.9 Å². The first-order valence-corrected chi connectivity index (χ1v) is 5.48. The number of nitrogens with one attached hydrogen (secondary N) is 1. The van der Waals surface area contributed by atoms with Crippen molar-refractivity contribution in [2.24, 2.45) is 5.73 Å². The standard InChI is InChI=1S/C11H16N4O4/c1-18-11(17)7-4-9(12)15-5-8(7)14-2-3-19-6-10(13)16/h4-5,14H,2-3,6H2,1H3,(H2,12,15)(H2,13,16). The number of rotatable bonds is 7. The molecule has 1 rings (SSSR count). The maximum Gasteiger partial charge on any atom is 0.340 e. The molecule has 0 radical (unpaired) electrons. The average Bonchev–Trinajstić information content (AvgIpc) is 2.38. The molecule has 1 aromatic heterocycles. The first-order valence-electron chi connectivity index (χ1n) is 5.48. The van der Waals surface area contributed by atoms with E-state index in [4.69, 9.17) is 16.2 Å². The first-order chi connectivity index (χ1) is 9.04. The normalized spacial score (nSPS) is 9.95.